The zero-order valence-corrected chi connectivity index (χ0v) is 17.0. The number of hydrogen-bond acceptors (Lipinski definition) is 8. The molecule has 0 amide bonds. The first-order chi connectivity index (χ1) is 12.9. The molecule has 2 aromatic rings. The zero-order valence-electron chi connectivity index (χ0n) is 16.1. The summed E-state index contributed by atoms with van der Waals surface area (Å²) in [4.78, 5) is 17.4. The summed E-state index contributed by atoms with van der Waals surface area (Å²) in [5.41, 5.74) is 1.84. The van der Waals surface area contributed by atoms with E-state index >= 15 is 0 Å². The molecular weight excluding hydrogens is 366 g/mol. The maximum absolute atomic E-state index is 11.1. The average Bonchev–Trinajstić information content (AvgIpc) is 3.17. The highest BCUT2D eigenvalue weighted by Crippen LogP contribution is 2.23. The lowest BCUT2D eigenvalue weighted by atomic mass is 10.0. The lowest BCUT2D eigenvalue weighted by Gasteiger charge is -2.15. The lowest BCUT2D eigenvalue weighted by Crippen LogP contribution is -2.25. The van der Waals surface area contributed by atoms with E-state index in [1.165, 1.54) is 18.4 Å². The van der Waals surface area contributed by atoms with Crippen molar-refractivity contribution < 1.29 is 19.4 Å². The van der Waals surface area contributed by atoms with Gasteiger partial charge in [0.2, 0.25) is 0 Å². The Bertz CT molecular complexity index is 718. The number of hydrogen-bond donors (Lipinski definition) is 2. The fraction of sp³-hybridized carbons (Fsp3) is 0.474. The van der Waals surface area contributed by atoms with Crippen LogP contribution in [-0.2, 0) is 9.53 Å². The molecule has 7 nitrogen and oxygen atoms in total. The van der Waals surface area contributed by atoms with E-state index in [1.54, 1.807) is 0 Å². The van der Waals surface area contributed by atoms with Gasteiger partial charge in [-0.25, -0.2) is 9.78 Å². The number of carbonyl (C=O) groups is 1. The van der Waals surface area contributed by atoms with Gasteiger partial charge in [0.15, 0.2) is 11.7 Å². The molecule has 0 spiro atoms. The average molecular weight is 394 g/mol. The van der Waals surface area contributed by atoms with Gasteiger partial charge in [0.1, 0.15) is 11.9 Å². The molecule has 0 radical (unpaired) electrons. The summed E-state index contributed by atoms with van der Waals surface area (Å²) in [7, 11) is 5.19. The normalized spacial score (nSPS) is 13.1. The molecule has 27 heavy (non-hydrogen) atoms. The Kier molecular flexibility index (Phi) is 8.02. The number of thiazole rings is 1. The van der Waals surface area contributed by atoms with Crippen LogP contribution in [0.15, 0.2) is 29.6 Å². The quantitative estimate of drug-likeness (QED) is 0.599. The molecule has 2 unspecified atom stereocenters. The second kappa shape index (κ2) is 10.2. The summed E-state index contributed by atoms with van der Waals surface area (Å²) in [5.74, 6) is 0.479. The number of esters is 1. The molecule has 0 aliphatic carbocycles. The summed E-state index contributed by atoms with van der Waals surface area (Å²) < 4.78 is 9.88. The number of carbonyl (C=O) groups excluding carboxylic acids is 1. The van der Waals surface area contributed by atoms with Crippen molar-refractivity contribution in [2.45, 2.75) is 18.9 Å². The van der Waals surface area contributed by atoms with Gasteiger partial charge in [-0.3, -0.25) is 0 Å². The van der Waals surface area contributed by atoms with Gasteiger partial charge in [0.25, 0.3) is 0 Å². The van der Waals surface area contributed by atoms with Crippen LogP contribution in [0.1, 0.15) is 30.2 Å². The highest BCUT2D eigenvalue weighted by atomic mass is 32.1. The van der Waals surface area contributed by atoms with Gasteiger partial charge < -0.3 is 24.8 Å². The molecule has 1 aromatic heterocycles. The Morgan fingerprint density at radius 2 is 2.00 bits per heavy atom. The summed E-state index contributed by atoms with van der Waals surface area (Å²) in [6, 6.07) is 7.61. The minimum Gasteiger partial charge on any atom is -0.482 e. The van der Waals surface area contributed by atoms with Gasteiger partial charge in [-0.05, 0) is 23.6 Å². The van der Waals surface area contributed by atoms with Crippen LogP contribution in [0.3, 0.4) is 0 Å². The highest BCUT2D eigenvalue weighted by Gasteiger charge is 2.13. The number of aliphatic hydroxyl groups excluding tert-OH is 1. The Balaban J connectivity index is 1.77. The van der Waals surface area contributed by atoms with Crippen LogP contribution in [0.2, 0.25) is 0 Å². The monoisotopic (exact) mass is 393 g/mol. The van der Waals surface area contributed by atoms with E-state index in [1.807, 2.05) is 48.6 Å². The molecule has 0 saturated carbocycles. The molecule has 2 atom stereocenters. The molecule has 2 N–H and O–H groups in total. The summed E-state index contributed by atoms with van der Waals surface area (Å²) in [6.07, 6.45) is -0.628. The van der Waals surface area contributed by atoms with E-state index in [2.05, 4.69) is 22.0 Å². The SMILES string of the molecule is COC(=O)COc1ccc(C(C)CNCC(O)c2csc(N(C)C)n2)cc1. The van der Waals surface area contributed by atoms with Gasteiger partial charge >= 0.3 is 5.97 Å². The third-order valence-corrected chi connectivity index (χ3v) is 5.08. The number of rotatable bonds is 10. The highest BCUT2D eigenvalue weighted by molar-refractivity contribution is 7.13. The maximum atomic E-state index is 11.1. The Morgan fingerprint density at radius 3 is 2.59 bits per heavy atom. The number of aliphatic hydroxyl groups is 1. The first-order valence-electron chi connectivity index (χ1n) is 8.71. The van der Waals surface area contributed by atoms with Crippen molar-refractivity contribution in [1.82, 2.24) is 10.3 Å². The van der Waals surface area contributed by atoms with Crippen LogP contribution in [0.5, 0.6) is 5.75 Å². The third-order valence-electron chi connectivity index (χ3n) is 4.06. The lowest BCUT2D eigenvalue weighted by molar-refractivity contribution is -0.142. The van der Waals surface area contributed by atoms with Gasteiger partial charge in [-0.15, -0.1) is 11.3 Å². The minimum absolute atomic E-state index is 0.100. The maximum Gasteiger partial charge on any atom is 0.343 e. The molecule has 1 heterocycles. The van der Waals surface area contributed by atoms with E-state index < -0.39 is 12.1 Å². The fourth-order valence-electron chi connectivity index (χ4n) is 2.39. The molecular formula is C19H27N3O4S. The number of benzene rings is 1. The Morgan fingerprint density at radius 1 is 1.30 bits per heavy atom. The standard InChI is InChI=1S/C19H27N3O4S/c1-13(14-5-7-15(8-6-14)26-11-18(24)25-4)9-20-10-17(23)16-12-27-19(21-16)22(2)3/h5-8,12-13,17,20,23H,9-11H2,1-4H3. The molecule has 0 bridgehead atoms. The molecule has 8 heteroatoms. The predicted octanol–water partition coefficient (Wildman–Crippen LogP) is 2.19. The number of methoxy groups -OCH3 is 1. The van der Waals surface area contributed by atoms with Crippen molar-refractivity contribution in [2.24, 2.45) is 0 Å². The van der Waals surface area contributed by atoms with Crippen LogP contribution < -0.4 is 15.0 Å². The first-order valence-corrected chi connectivity index (χ1v) is 9.59. The molecule has 0 fully saturated rings. The summed E-state index contributed by atoms with van der Waals surface area (Å²) in [6.45, 7) is 3.18. The number of aromatic nitrogens is 1. The Hall–Kier alpha value is -2.16. The summed E-state index contributed by atoms with van der Waals surface area (Å²) >= 11 is 1.52. The predicted molar refractivity (Wildman–Crippen MR) is 107 cm³/mol. The second-order valence-electron chi connectivity index (χ2n) is 6.46. The number of nitrogens with one attached hydrogen (secondary N) is 1. The van der Waals surface area contributed by atoms with E-state index in [9.17, 15) is 9.90 Å². The van der Waals surface area contributed by atoms with E-state index in [-0.39, 0.29) is 12.5 Å². The van der Waals surface area contributed by atoms with Gasteiger partial charge in [0.05, 0.1) is 12.8 Å². The minimum atomic E-state index is -0.628. The van der Waals surface area contributed by atoms with Crippen molar-refractivity contribution in [2.75, 3.05) is 45.8 Å². The van der Waals surface area contributed by atoms with Gasteiger partial charge in [-0.1, -0.05) is 19.1 Å². The summed E-state index contributed by atoms with van der Waals surface area (Å²) in [5, 5.41) is 16.3. The van der Waals surface area contributed by atoms with Gasteiger partial charge in [-0.2, -0.15) is 0 Å². The topological polar surface area (TPSA) is 83.9 Å². The van der Waals surface area contributed by atoms with E-state index in [4.69, 9.17) is 4.74 Å². The van der Waals surface area contributed by atoms with Crippen molar-refractivity contribution >= 4 is 22.4 Å². The van der Waals surface area contributed by atoms with Gasteiger partial charge in [0, 0.05) is 32.6 Å². The van der Waals surface area contributed by atoms with E-state index in [0.29, 0.717) is 18.0 Å². The second-order valence-corrected chi connectivity index (χ2v) is 7.29. The van der Waals surface area contributed by atoms with Crippen molar-refractivity contribution in [3.05, 3.63) is 40.9 Å². The molecule has 1 aromatic carbocycles. The van der Waals surface area contributed by atoms with Crippen LogP contribution in [0, 0.1) is 0 Å². The van der Waals surface area contributed by atoms with Crippen LogP contribution in [0.4, 0.5) is 5.13 Å². The number of ether oxygens (including phenoxy) is 2. The molecule has 2 rings (SSSR count). The smallest absolute Gasteiger partial charge is 0.343 e. The molecule has 0 aliphatic rings. The van der Waals surface area contributed by atoms with Crippen molar-refractivity contribution in [1.29, 1.82) is 0 Å². The zero-order chi connectivity index (χ0) is 19.8. The van der Waals surface area contributed by atoms with Crippen LogP contribution in [-0.4, -0.2) is 57.0 Å². The molecule has 0 saturated heterocycles. The van der Waals surface area contributed by atoms with E-state index in [0.717, 1.165) is 17.2 Å². The molecule has 0 aliphatic heterocycles. The third kappa shape index (κ3) is 6.50. The Labute approximate surface area is 163 Å². The van der Waals surface area contributed by atoms with Crippen molar-refractivity contribution in [3.63, 3.8) is 0 Å². The van der Waals surface area contributed by atoms with Crippen LogP contribution in [0.25, 0.3) is 0 Å². The van der Waals surface area contributed by atoms with Crippen LogP contribution >= 0.6 is 11.3 Å². The largest absolute Gasteiger partial charge is 0.482 e. The number of nitrogens with zero attached hydrogens (tertiary/aromatic N) is 2. The van der Waals surface area contributed by atoms with Crippen molar-refractivity contribution in [3.8, 4) is 5.75 Å². The number of anilines is 1. The first kappa shape index (κ1) is 21.1. The molecule has 148 valence electrons. The fourth-order valence-corrected chi connectivity index (χ4v) is 3.19.